The maximum atomic E-state index is 12.1. The van der Waals surface area contributed by atoms with E-state index in [2.05, 4.69) is 22.9 Å². The van der Waals surface area contributed by atoms with Gasteiger partial charge in [-0.05, 0) is 19.1 Å². The van der Waals surface area contributed by atoms with E-state index in [0.29, 0.717) is 30.4 Å². The van der Waals surface area contributed by atoms with Gasteiger partial charge in [0.05, 0.1) is 19.8 Å². The predicted octanol–water partition coefficient (Wildman–Crippen LogP) is 0.790. The zero-order valence-corrected chi connectivity index (χ0v) is 14.3. The zero-order chi connectivity index (χ0) is 17.6. The van der Waals surface area contributed by atoms with Gasteiger partial charge in [-0.15, -0.1) is 0 Å². The van der Waals surface area contributed by atoms with Crippen LogP contribution in [-0.2, 0) is 4.79 Å². The number of carbonyl (C=O) groups excluding carboxylic acids is 2. The Balaban J connectivity index is 1.52. The normalized spacial score (nSPS) is 20.4. The number of benzene rings is 1. The highest BCUT2D eigenvalue weighted by atomic mass is 16.5. The van der Waals surface area contributed by atoms with Crippen LogP contribution in [0.25, 0.3) is 0 Å². The van der Waals surface area contributed by atoms with Gasteiger partial charge >= 0.3 is 6.03 Å². The summed E-state index contributed by atoms with van der Waals surface area (Å²) in [7, 11) is 0. The maximum Gasteiger partial charge on any atom is 0.325 e. The van der Waals surface area contributed by atoms with E-state index in [-0.39, 0.29) is 18.5 Å². The number of imide groups is 1. The SMILES string of the molecule is C[C@H]1CNCCN1CC(=O)NC(=O)Nc1ccc2c(c1)OCCCO2. The maximum absolute atomic E-state index is 12.1. The molecule has 0 aromatic heterocycles. The van der Waals surface area contributed by atoms with Crippen molar-refractivity contribution < 1.29 is 19.1 Å². The van der Waals surface area contributed by atoms with Crippen molar-refractivity contribution in [3.05, 3.63) is 18.2 Å². The molecule has 0 saturated carbocycles. The first kappa shape index (κ1) is 17.5. The molecule has 1 fully saturated rings. The number of carbonyl (C=O) groups is 2. The highest BCUT2D eigenvalue weighted by molar-refractivity contribution is 6.01. The van der Waals surface area contributed by atoms with Gasteiger partial charge in [0, 0.05) is 43.9 Å². The number of amides is 3. The molecule has 0 unspecified atom stereocenters. The number of piperazine rings is 1. The largest absolute Gasteiger partial charge is 0.490 e. The number of urea groups is 1. The van der Waals surface area contributed by atoms with Crippen molar-refractivity contribution in [2.45, 2.75) is 19.4 Å². The Hall–Kier alpha value is -2.32. The third-order valence-electron chi connectivity index (χ3n) is 4.24. The van der Waals surface area contributed by atoms with Crippen LogP contribution in [0.5, 0.6) is 11.5 Å². The van der Waals surface area contributed by atoms with Crippen LogP contribution in [0.4, 0.5) is 10.5 Å². The van der Waals surface area contributed by atoms with E-state index >= 15 is 0 Å². The molecule has 1 aromatic rings. The highest BCUT2D eigenvalue weighted by Gasteiger charge is 2.21. The van der Waals surface area contributed by atoms with Gasteiger partial charge in [0.25, 0.3) is 0 Å². The number of fused-ring (bicyclic) bond motifs is 1. The van der Waals surface area contributed by atoms with E-state index in [0.717, 1.165) is 26.1 Å². The van der Waals surface area contributed by atoms with E-state index in [1.807, 2.05) is 4.90 Å². The van der Waals surface area contributed by atoms with Crippen LogP contribution in [0.3, 0.4) is 0 Å². The summed E-state index contributed by atoms with van der Waals surface area (Å²) in [5.41, 5.74) is 0.546. The molecule has 25 heavy (non-hydrogen) atoms. The van der Waals surface area contributed by atoms with Crippen molar-refractivity contribution in [3.63, 3.8) is 0 Å². The van der Waals surface area contributed by atoms with Gasteiger partial charge in [0.2, 0.25) is 5.91 Å². The molecule has 3 N–H and O–H groups in total. The van der Waals surface area contributed by atoms with Crippen LogP contribution in [0, 0.1) is 0 Å². The van der Waals surface area contributed by atoms with Crippen LogP contribution in [-0.4, -0.2) is 62.3 Å². The first-order valence-corrected chi connectivity index (χ1v) is 8.57. The van der Waals surface area contributed by atoms with Crippen molar-refractivity contribution >= 4 is 17.6 Å². The van der Waals surface area contributed by atoms with Crippen molar-refractivity contribution in [2.24, 2.45) is 0 Å². The Kier molecular flexibility index (Phi) is 5.72. The molecular weight excluding hydrogens is 324 g/mol. The Morgan fingerprint density at radius 2 is 2.08 bits per heavy atom. The molecule has 8 heteroatoms. The number of hydrogen-bond acceptors (Lipinski definition) is 6. The number of anilines is 1. The Morgan fingerprint density at radius 3 is 2.88 bits per heavy atom. The van der Waals surface area contributed by atoms with Gasteiger partial charge < -0.3 is 20.1 Å². The summed E-state index contributed by atoms with van der Waals surface area (Å²) >= 11 is 0. The van der Waals surface area contributed by atoms with Gasteiger partial charge in [-0.2, -0.15) is 0 Å². The lowest BCUT2D eigenvalue weighted by molar-refractivity contribution is -0.121. The van der Waals surface area contributed by atoms with Crippen LogP contribution < -0.4 is 25.4 Å². The van der Waals surface area contributed by atoms with Gasteiger partial charge in [0.1, 0.15) is 0 Å². The molecule has 136 valence electrons. The standard InChI is InChI=1S/C17H24N4O4/c1-12-10-18-5-6-21(12)11-16(22)20-17(23)19-13-3-4-14-15(9-13)25-8-2-7-24-14/h3-4,9,12,18H,2,5-8,10-11H2,1H3,(H2,19,20,22,23)/t12-/m0/s1. The highest BCUT2D eigenvalue weighted by Crippen LogP contribution is 2.32. The van der Waals surface area contributed by atoms with Crippen LogP contribution >= 0.6 is 0 Å². The Labute approximate surface area is 146 Å². The minimum absolute atomic E-state index is 0.206. The lowest BCUT2D eigenvalue weighted by Crippen LogP contribution is -2.53. The Morgan fingerprint density at radius 1 is 1.28 bits per heavy atom. The van der Waals surface area contributed by atoms with Crippen LogP contribution in [0.2, 0.25) is 0 Å². The fourth-order valence-electron chi connectivity index (χ4n) is 2.87. The summed E-state index contributed by atoms with van der Waals surface area (Å²) in [5.74, 6) is 0.934. The number of nitrogens with one attached hydrogen (secondary N) is 3. The molecule has 1 atom stereocenters. The van der Waals surface area contributed by atoms with E-state index in [4.69, 9.17) is 9.47 Å². The van der Waals surface area contributed by atoms with Gasteiger partial charge in [-0.1, -0.05) is 0 Å². The molecule has 3 amide bonds. The molecule has 2 aliphatic rings. The first-order valence-electron chi connectivity index (χ1n) is 8.57. The summed E-state index contributed by atoms with van der Waals surface area (Å²) in [5, 5.41) is 8.29. The molecule has 0 bridgehead atoms. The number of rotatable bonds is 3. The lowest BCUT2D eigenvalue weighted by atomic mass is 10.2. The van der Waals surface area contributed by atoms with Gasteiger partial charge in [-0.25, -0.2) is 4.79 Å². The third kappa shape index (κ3) is 4.83. The van der Waals surface area contributed by atoms with Crippen LogP contribution in [0.1, 0.15) is 13.3 Å². The smallest absolute Gasteiger partial charge is 0.325 e. The molecule has 1 aromatic carbocycles. The fourth-order valence-corrected chi connectivity index (χ4v) is 2.87. The molecule has 1 saturated heterocycles. The molecule has 8 nitrogen and oxygen atoms in total. The van der Waals surface area contributed by atoms with Crippen molar-refractivity contribution in [1.82, 2.24) is 15.5 Å². The van der Waals surface area contributed by atoms with E-state index in [1.165, 1.54) is 0 Å². The van der Waals surface area contributed by atoms with Crippen molar-refractivity contribution in [3.8, 4) is 11.5 Å². The monoisotopic (exact) mass is 348 g/mol. The van der Waals surface area contributed by atoms with E-state index in [1.54, 1.807) is 18.2 Å². The zero-order valence-electron chi connectivity index (χ0n) is 14.3. The molecule has 2 heterocycles. The van der Waals surface area contributed by atoms with Crippen LogP contribution in [0.15, 0.2) is 18.2 Å². The van der Waals surface area contributed by atoms with Crippen molar-refractivity contribution in [2.75, 3.05) is 44.7 Å². The summed E-state index contributed by atoms with van der Waals surface area (Å²) in [6.45, 7) is 5.92. The fraction of sp³-hybridized carbons (Fsp3) is 0.529. The average Bonchev–Trinajstić information content (AvgIpc) is 2.81. The first-order chi connectivity index (χ1) is 12.1. The van der Waals surface area contributed by atoms with Gasteiger partial charge in [0.15, 0.2) is 11.5 Å². The summed E-state index contributed by atoms with van der Waals surface area (Å²) in [4.78, 5) is 26.1. The number of nitrogens with zero attached hydrogens (tertiary/aromatic N) is 1. The average molecular weight is 348 g/mol. The summed E-state index contributed by atoms with van der Waals surface area (Å²) < 4.78 is 11.1. The number of ether oxygens (including phenoxy) is 2. The van der Waals surface area contributed by atoms with E-state index < -0.39 is 6.03 Å². The summed E-state index contributed by atoms with van der Waals surface area (Å²) in [6, 6.07) is 4.88. The lowest BCUT2D eigenvalue weighted by Gasteiger charge is -2.33. The molecule has 0 aliphatic carbocycles. The summed E-state index contributed by atoms with van der Waals surface area (Å²) in [6.07, 6.45) is 0.816. The number of hydrogen-bond donors (Lipinski definition) is 3. The molecule has 2 aliphatic heterocycles. The van der Waals surface area contributed by atoms with E-state index in [9.17, 15) is 9.59 Å². The quantitative estimate of drug-likeness (QED) is 0.748. The molecule has 3 rings (SSSR count). The minimum atomic E-state index is -0.553. The second-order valence-electron chi connectivity index (χ2n) is 6.24. The molecular formula is C17H24N4O4. The second-order valence-corrected chi connectivity index (χ2v) is 6.24. The molecule has 0 spiro atoms. The predicted molar refractivity (Wildman–Crippen MR) is 93.1 cm³/mol. The second kappa shape index (κ2) is 8.17. The third-order valence-corrected chi connectivity index (χ3v) is 4.24. The topological polar surface area (TPSA) is 91.9 Å². The molecule has 0 radical (unpaired) electrons. The Bertz CT molecular complexity index is 637. The minimum Gasteiger partial charge on any atom is -0.490 e. The van der Waals surface area contributed by atoms with Gasteiger partial charge in [-0.3, -0.25) is 15.0 Å². The van der Waals surface area contributed by atoms with Crippen molar-refractivity contribution in [1.29, 1.82) is 0 Å².